The molecule has 3 aromatic rings. The third-order valence-corrected chi connectivity index (χ3v) is 8.56. The Labute approximate surface area is 180 Å². The maximum absolute atomic E-state index is 12.5. The van der Waals surface area contributed by atoms with Gasteiger partial charge < -0.3 is 0 Å². The highest BCUT2D eigenvalue weighted by Gasteiger charge is 2.29. The summed E-state index contributed by atoms with van der Waals surface area (Å²) >= 11 is 7.52. The van der Waals surface area contributed by atoms with Crippen LogP contribution in [-0.2, 0) is 10.0 Å². The lowest BCUT2D eigenvalue weighted by molar-refractivity contribution is 0.565. The van der Waals surface area contributed by atoms with Crippen LogP contribution in [0.15, 0.2) is 52.1 Å². The van der Waals surface area contributed by atoms with Crippen LogP contribution in [0.5, 0.6) is 0 Å². The van der Waals surface area contributed by atoms with E-state index in [-0.39, 0.29) is 12.0 Å². The Bertz CT molecular complexity index is 1180. The molecule has 0 saturated heterocycles. The maximum Gasteiger partial charge on any atom is 0.250 e. The molecule has 152 valence electrons. The summed E-state index contributed by atoms with van der Waals surface area (Å²) in [5, 5.41) is 7.20. The van der Waals surface area contributed by atoms with Gasteiger partial charge in [-0.1, -0.05) is 35.9 Å². The Morgan fingerprint density at radius 3 is 2.69 bits per heavy atom. The van der Waals surface area contributed by atoms with Gasteiger partial charge in [0.15, 0.2) is 0 Å². The van der Waals surface area contributed by atoms with Crippen LogP contribution in [-0.4, -0.2) is 24.2 Å². The number of aromatic nitrogens is 2. The zero-order valence-electron chi connectivity index (χ0n) is 16.4. The van der Waals surface area contributed by atoms with Crippen molar-refractivity contribution in [3.05, 3.63) is 75.4 Å². The zero-order valence-corrected chi connectivity index (χ0v) is 18.8. The van der Waals surface area contributed by atoms with Gasteiger partial charge in [0, 0.05) is 28.2 Å². The van der Waals surface area contributed by atoms with E-state index >= 15 is 0 Å². The Balaban J connectivity index is 1.57. The minimum absolute atomic E-state index is 0.112. The van der Waals surface area contributed by atoms with E-state index in [0.717, 1.165) is 28.2 Å². The summed E-state index contributed by atoms with van der Waals surface area (Å²) < 4.78 is 30.1. The molecule has 0 bridgehead atoms. The predicted molar refractivity (Wildman–Crippen MR) is 118 cm³/mol. The summed E-state index contributed by atoms with van der Waals surface area (Å²) in [6.45, 7) is 6.01. The smallest absolute Gasteiger partial charge is 0.237 e. The van der Waals surface area contributed by atoms with Crippen LogP contribution in [0, 0.1) is 20.8 Å². The molecule has 1 aromatic carbocycles. The van der Waals surface area contributed by atoms with E-state index in [0.29, 0.717) is 15.7 Å². The molecule has 0 radical (unpaired) electrons. The van der Waals surface area contributed by atoms with Crippen LogP contribution in [0.3, 0.4) is 0 Å². The number of nitrogens with zero attached hydrogens (tertiary/aromatic N) is 2. The molecule has 2 atom stereocenters. The molecule has 0 saturated carbocycles. The van der Waals surface area contributed by atoms with Gasteiger partial charge >= 0.3 is 0 Å². The topological polar surface area (TPSA) is 64.0 Å². The molecule has 8 heteroatoms. The van der Waals surface area contributed by atoms with Crippen molar-refractivity contribution in [2.75, 3.05) is 0 Å². The molecule has 1 aliphatic carbocycles. The summed E-state index contributed by atoms with van der Waals surface area (Å²) in [6, 6.07) is 9.04. The van der Waals surface area contributed by atoms with E-state index < -0.39 is 10.0 Å². The Morgan fingerprint density at radius 1 is 1.21 bits per heavy atom. The van der Waals surface area contributed by atoms with Gasteiger partial charge in [0.05, 0.1) is 11.4 Å². The number of hydrogen-bond donors (Lipinski definition) is 1. The van der Waals surface area contributed by atoms with Crippen molar-refractivity contribution in [1.29, 1.82) is 0 Å². The monoisotopic (exact) mass is 447 g/mol. The van der Waals surface area contributed by atoms with Gasteiger partial charge in [0.2, 0.25) is 0 Å². The Morgan fingerprint density at radius 2 is 2.00 bits per heavy atom. The molecule has 0 aliphatic heterocycles. The zero-order chi connectivity index (χ0) is 20.8. The first-order valence-electron chi connectivity index (χ1n) is 9.33. The molecular formula is C21H22ClN3O2S2. The summed E-state index contributed by atoms with van der Waals surface area (Å²) in [7, 11) is -3.49. The second-order valence-corrected chi connectivity index (χ2v) is 10.6. The van der Waals surface area contributed by atoms with Crippen molar-refractivity contribution in [3.8, 4) is 5.69 Å². The molecule has 1 N–H and O–H groups in total. The first-order valence-corrected chi connectivity index (χ1v) is 12.1. The third-order valence-electron chi connectivity index (χ3n) is 5.27. The van der Waals surface area contributed by atoms with Crippen molar-refractivity contribution in [2.45, 2.75) is 43.4 Å². The van der Waals surface area contributed by atoms with Gasteiger partial charge in [-0.3, -0.25) is 0 Å². The largest absolute Gasteiger partial charge is 0.250 e. The van der Waals surface area contributed by atoms with Crippen LogP contribution in [0.1, 0.15) is 34.9 Å². The van der Waals surface area contributed by atoms with E-state index in [1.807, 2.05) is 49.7 Å². The first kappa shape index (κ1) is 20.3. The molecule has 0 unspecified atom stereocenters. The van der Waals surface area contributed by atoms with E-state index in [4.69, 9.17) is 16.7 Å². The number of nitrogens with one attached hydrogen (secondary N) is 1. The SMILES string of the molecule is Cc1ccc(-n2nc(C)c([C@H]3C=C[C@@H](NS(=O)(=O)c4cccs4)C3)c2C)cc1Cl. The van der Waals surface area contributed by atoms with Gasteiger partial charge in [0.25, 0.3) is 10.0 Å². The van der Waals surface area contributed by atoms with Crippen LogP contribution in [0.2, 0.25) is 5.02 Å². The maximum atomic E-state index is 12.5. The average molecular weight is 448 g/mol. The van der Waals surface area contributed by atoms with Gasteiger partial charge in [-0.2, -0.15) is 5.10 Å². The van der Waals surface area contributed by atoms with Crippen molar-refractivity contribution in [2.24, 2.45) is 0 Å². The lowest BCUT2D eigenvalue weighted by Crippen LogP contribution is -2.32. The van der Waals surface area contributed by atoms with Gasteiger partial charge in [0.1, 0.15) is 4.21 Å². The van der Waals surface area contributed by atoms with E-state index in [1.165, 1.54) is 11.3 Å². The van der Waals surface area contributed by atoms with Crippen LogP contribution >= 0.6 is 22.9 Å². The summed E-state index contributed by atoms with van der Waals surface area (Å²) in [5.41, 5.74) is 5.06. The fourth-order valence-electron chi connectivity index (χ4n) is 3.83. The molecular weight excluding hydrogens is 426 g/mol. The standard InChI is InChI=1S/C21H22ClN3O2S2/c1-13-6-9-18(12-19(13)22)25-15(3)21(14(2)23-25)16-7-8-17(11-16)24-29(26,27)20-5-4-10-28-20/h4-10,12,16-17,24H,11H2,1-3H3/t16-,17+/m0/s1. The van der Waals surface area contributed by atoms with Gasteiger partial charge in [-0.15, -0.1) is 11.3 Å². The highest BCUT2D eigenvalue weighted by atomic mass is 35.5. The Hall–Kier alpha value is -1.93. The third kappa shape index (κ3) is 3.92. The minimum Gasteiger partial charge on any atom is -0.237 e. The van der Waals surface area contributed by atoms with Crippen LogP contribution < -0.4 is 4.72 Å². The quantitative estimate of drug-likeness (QED) is 0.565. The van der Waals surface area contributed by atoms with Gasteiger partial charge in [-0.25, -0.2) is 17.8 Å². The molecule has 4 rings (SSSR count). The summed E-state index contributed by atoms with van der Waals surface area (Å²) in [6.07, 6.45) is 4.69. The first-order chi connectivity index (χ1) is 13.8. The number of rotatable bonds is 5. The molecule has 5 nitrogen and oxygen atoms in total. The number of halogens is 1. The highest BCUT2D eigenvalue weighted by molar-refractivity contribution is 7.91. The van der Waals surface area contributed by atoms with Crippen molar-refractivity contribution < 1.29 is 8.42 Å². The normalized spacial score (nSPS) is 19.2. The van der Waals surface area contributed by atoms with E-state index in [1.54, 1.807) is 17.5 Å². The Kier molecular flexibility index (Phi) is 5.42. The second-order valence-electron chi connectivity index (χ2n) is 7.32. The fourth-order valence-corrected chi connectivity index (χ4v) is 6.22. The number of benzene rings is 1. The predicted octanol–water partition coefficient (Wildman–Crippen LogP) is 4.90. The molecule has 0 amide bonds. The minimum atomic E-state index is -3.49. The number of hydrogen-bond acceptors (Lipinski definition) is 4. The van der Waals surface area contributed by atoms with E-state index in [9.17, 15) is 8.42 Å². The molecule has 0 fully saturated rings. The summed E-state index contributed by atoms with van der Waals surface area (Å²) in [5.74, 6) is 0.112. The molecule has 29 heavy (non-hydrogen) atoms. The number of sulfonamides is 1. The second kappa shape index (κ2) is 7.72. The lowest BCUT2D eigenvalue weighted by atomic mass is 9.96. The summed E-state index contributed by atoms with van der Waals surface area (Å²) in [4.78, 5) is 0. The molecule has 2 aromatic heterocycles. The van der Waals surface area contributed by atoms with Gasteiger partial charge in [-0.05, 0) is 56.3 Å². The van der Waals surface area contributed by atoms with Crippen LogP contribution in [0.25, 0.3) is 5.69 Å². The molecule has 0 spiro atoms. The molecule has 1 aliphatic rings. The fraction of sp³-hybridized carbons (Fsp3) is 0.286. The number of thiophene rings is 1. The number of allylic oxidation sites excluding steroid dienone is 1. The van der Waals surface area contributed by atoms with Crippen molar-refractivity contribution >= 4 is 33.0 Å². The number of aryl methyl sites for hydroxylation is 2. The van der Waals surface area contributed by atoms with Crippen molar-refractivity contribution in [3.63, 3.8) is 0 Å². The average Bonchev–Trinajstić information content (AvgIpc) is 3.39. The van der Waals surface area contributed by atoms with Crippen molar-refractivity contribution in [1.82, 2.24) is 14.5 Å². The van der Waals surface area contributed by atoms with E-state index in [2.05, 4.69) is 10.8 Å². The molecule has 2 heterocycles. The highest BCUT2D eigenvalue weighted by Crippen LogP contribution is 2.35. The van der Waals surface area contributed by atoms with Crippen LogP contribution in [0.4, 0.5) is 0 Å². The lowest BCUT2D eigenvalue weighted by Gasteiger charge is -2.14.